The second kappa shape index (κ2) is 7.48. The lowest BCUT2D eigenvalue weighted by molar-refractivity contribution is -0.142. The van der Waals surface area contributed by atoms with E-state index < -0.39 is 5.97 Å². The van der Waals surface area contributed by atoms with Crippen molar-refractivity contribution >= 4 is 22.8 Å². The highest BCUT2D eigenvalue weighted by Crippen LogP contribution is 2.40. The predicted octanol–water partition coefficient (Wildman–Crippen LogP) is 1.95. The number of hydrogen-bond acceptors (Lipinski definition) is 5. The van der Waals surface area contributed by atoms with Gasteiger partial charge in [-0.25, -0.2) is 4.79 Å². The smallest absolute Gasteiger partial charge is 0.329 e. The van der Waals surface area contributed by atoms with Gasteiger partial charge in [0.15, 0.2) is 0 Å². The third-order valence-corrected chi connectivity index (χ3v) is 4.03. The van der Waals surface area contributed by atoms with Gasteiger partial charge >= 0.3 is 5.97 Å². The summed E-state index contributed by atoms with van der Waals surface area (Å²) in [6.07, 6.45) is 2.19. The van der Waals surface area contributed by atoms with E-state index in [2.05, 4.69) is 10.3 Å². The van der Waals surface area contributed by atoms with Crippen LogP contribution in [0.5, 0.6) is 5.75 Å². The number of carboxylic acid groups (broad SMARTS) is 1. The van der Waals surface area contributed by atoms with Crippen LogP contribution in [0.1, 0.15) is 34.8 Å². The van der Waals surface area contributed by atoms with Gasteiger partial charge in [0.05, 0.1) is 24.8 Å². The zero-order valence-electron chi connectivity index (χ0n) is 13.9. The molecule has 2 N–H and O–H groups in total. The largest absolute Gasteiger partial charge is 0.497 e. The van der Waals surface area contributed by atoms with E-state index in [4.69, 9.17) is 14.6 Å². The highest BCUT2D eigenvalue weighted by molar-refractivity contribution is 6.06. The van der Waals surface area contributed by atoms with Gasteiger partial charge in [-0.2, -0.15) is 0 Å². The first-order valence-electron chi connectivity index (χ1n) is 8.15. The molecular weight excluding hydrogens is 324 g/mol. The van der Waals surface area contributed by atoms with E-state index in [-0.39, 0.29) is 25.7 Å². The molecule has 1 saturated carbocycles. The average Bonchev–Trinajstić information content (AvgIpc) is 3.44. The number of benzene rings is 1. The number of carboxylic acids is 1. The molecule has 0 spiro atoms. The molecule has 7 nitrogen and oxygen atoms in total. The maximum absolute atomic E-state index is 12.6. The van der Waals surface area contributed by atoms with Gasteiger partial charge in [0.25, 0.3) is 5.91 Å². The maximum Gasteiger partial charge on any atom is 0.329 e. The molecule has 0 aliphatic heterocycles. The van der Waals surface area contributed by atoms with Crippen LogP contribution in [0, 0.1) is 0 Å². The van der Waals surface area contributed by atoms with Gasteiger partial charge in [0.2, 0.25) is 0 Å². The fraction of sp³-hybridized carbons (Fsp3) is 0.389. The minimum Gasteiger partial charge on any atom is -0.497 e. The van der Waals surface area contributed by atoms with Crippen molar-refractivity contribution in [3.05, 3.63) is 35.5 Å². The first kappa shape index (κ1) is 17.2. The molecule has 0 radical (unpaired) electrons. The van der Waals surface area contributed by atoms with Gasteiger partial charge in [-0.3, -0.25) is 9.78 Å². The molecule has 1 aromatic heterocycles. The van der Waals surface area contributed by atoms with Crippen molar-refractivity contribution < 1.29 is 24.2 Å². The van der Waals surface area contributed by atoms with Crippen molar-refractivity contribution in [1.82, 2.24) is 10.3 Å². The summed E-state index contributed by atoms with van der Waals surface area (Å²) in [4.78, 5) is 27.7. The molecule has 0 unspecified atom stereocenters. The van der Waals surface area contributed by atoms with E-state index in [0.29, 0.717) is 17.2 Å². The van der Waals surface area contributed by atoms with Gasteiger partial charge in [-0.1, -0.05) is 0 Å². The summed E-state index contributed by atoms with van der Waals surface area (Å²) in [6.45, 7) is -0.00436. The summed E-state index contributed by atoms with van der Waals surface area (Å²) >= 11 is 0. The molecule has 0 bridgehead atoms. The molecule has 1 heterocycles. The Morgan fingerprint density at radius 3 is 2.80 bits per heavy atom. The first-order valence-corrected chi connectivity index (χ1v) is 8.15. The highest BCUT2D eigenvalue weighted by atomic mass is 16.5. The number of ether oxygens (including phenoxy) is 2. The summed E-state index contributed by atoms with van der Waals surface area (Å²) in [5.41, 5.74) is 2.24. The number of fused-ring (bicyclic) bond motifs is 1. The number of aromatic nitrogens is 1. The van der Waals surface area contributed by atoms with Crippen LogP contribution in [-0.2, 0) is 9.53 Å². The minimum absolute atomic E-state index is 0.139. The number of carbonyl (C=O) groups excluding carboxylic acids is 1. The number of nitrogens with zero attached hydrogens (tertiary/aromatic N) is 1. The Morgan fingerprint density at radius 2 is 2.12 bits per heavy atom. The second-order valence-corrected chi connectivity index (χ2v) is 5.95. The number of nitrogens with one attached hydrogen (secondary N) is 1. The van der Waals surface area contributed by atoms with Crippen molar-refractivity contribution in [3.8, 4) is 5.75 Å². The number of aliphatic carboxylic acids is 1. The van der Waals surface area contributed by atoms with E-state index >= 15 is 0 Å². The van der Waals surface area contributed by atoms with Gasteiger partial charge < -0.3 is 19.9 Å². The maximum atomic E-state index is 12.6. The standard InChI is InChI=1S/C18H20N2O5/c1-24-12-4-5-15-13(8-12)14(9-16(20-15)11-2-3-11)18(23)19-6-7-25-10-17(21)22/h4-5,8-9,11H,2-3,6-7,10H2,1H3,(H,19,23)(H,21,22). The molecule has 3 rings (SSSR count). The van der Waals surface area contributed by atoms with Crippen LogP contribution in [0.15, 0.2) is 24.3 Å². The van der Waals surface area contributed by atoms with Crippen molar-refractivity contribution in [3.63, 3.8) is 0 Å². The van der Waals surface area contributed by atoms with E-state index in [9.17, 15) is 9.59 Å². The van der Waals surface area contributed by atoms with Gasteiger partial charge in [0, 0.05) is 23.5 Å². The molecule has 1 fully saturated rings. The SMILES string of the molecule is COc1ccc2nc(C3CC3)cc(C(=O)NCCOCC(=O)O)c2c1. The third kappa shape index (κ3) is 4.24. The van der Waals surface area contributed by atoms with Crippen LogP contribution in [0.3, 0.4) is 0 Å². The van der Waals surface area contributed by atoms with Gasteiger partial charge in [0.1, 0.15) is 12.4 Å². The van der Waals surface area contributed by atoms with E-state index in [1.165, 1.54) is 0 Å². The molecule has 25 heavy (non-hydrogen) atoms. The topological polar surface area (TPSA) is 97.8 Å². The monoisotopic (exact) mass is 344 g/mol. The Kier molecular flexibility index (Phi) is 5.14. The van der Waals surface area contributed by atoms with E-state index in [1.807, 2.05) is 18.2 Å². The number of carbonyl (C=O) groups is 2. The Morgan fingerprint density at radius 1 is 1.32 bits per heavy atom. The molecule has 1 aromatic carbocycles. The summed E-state index contributed by atoms with van der Waals surface area (Å²) in [5, 5.41) is 12.0. The Labute approximate surface area is 145 Å². The lowest BCUT2D eigenvalue weighted by atomic mass is 10.0. The fourth-order valence-electron chi connectivity index (χ4n) is 2.62. The van der Waals surface area contributed by atoms with E-state index in [1.54, 1.807) is 13.2 Å². The van der Waals surface area contributed by atoms with Crippen LogP contribution < -0.4 is 10.1 Å². The molecule has 0 saturated heterocycles. The number of rotatable bonds is 8. The van der Waals surface area contributed by atoms with Crippen LogP contribution in [0.25, 0.3) is 10.9 Å². The van der Waals surface area contributed by atoms with Crippen molar-refractivity contribution in [1.29, 1.82) is 0 Å². The molecule has 132 valence electrons. The number of hydrogen-bond donors (Lipinski definition) is 2. The molecular formula is C18H20N2O5. The fourth-order valence-corrected chi connectivity index (χ4v) is 2.62. The average molecular weight is 344 g/mol. The zero-order chi connectivity index (χ0) is 17.8. The highest BCUT2D eigenvalue weighted by Gasteiger charge is 2.27. The van der Waals surface area contributed by atoms with Crippen LogP contribution in [0.2, 0.25) is 0 Å². The number of methoxy groups -OCH3 is 1. The number of amides is 1. The zero-order valence-corrected chi connectivity index (χ0v) is 13.9. The molecule has 7 heteroatoms. The lowest BCUT2D eigenvalue weighted by Gasteiger charge is -2.11. The van der Waals surface area contributed by atoms with Crippen molar-refractivity contribution in [2.75, 3.05) is 26.9 Å². The molecule has 1 aliphatic carbocycles. The second-order valence-electron chi connectivity index (χ2n) is 5.95. The van der Waals surface area contributed by atoms with Crippen molar-refractivity contribution in [2.45, 2.75) is 18.8 Å². The lowest BCUT2D eigenvalue weighted by Crippen LogP contribution is -2.28. The Bertz CT molecular complexity index is 801. The van der Waals surface area contributed by atoms with E-state index in [0.717, 1.165) is 29.4 Å². The quantitative estimate of drug-likeness (QED) is 0.710. The van der Waals surface area contributed by atoms with Crippen LogP contribution in [0.4, 0.5) is 0 Å². The normalized spacial score (nSPS) is 13.6. The van der Waals surface area contributed by atoms with Crippen LogP contribution in [-0.4, -0.2) is 48.8 Å². The Hall–Kier alpha value is -2.67. The summed E-state index contributed by atoms with van der Waals surface area (Å²) in [6, 6.07) is 7.32. The van der Waals surface area contributed by atoms with Gasteiger partial charge in [-0.05, 0) is 37.1 Å². The molecule has 1 amide bonds. The predicted molar refractivity (Wildman–Crippen MR) is 91.1 cm³/mol. The van der Waals surface area contributed by atoms with Gasteiger partial charge in [-0.15, -0.1) is 0 Å². The molecule has 0 atom stereocenters. The molecule has 2 aromatic rings. The summed E-state index contributed by atoms with van der Waals surface area (Å²) in [5.74, 6) is -0.182. The molecule has 1 aliphatic rings. The first-order chi connectivity index (χ1) is 12.1. The third-order valence-electron chi connectivity index (χ3n) is 4.03. The van der Waals surface area contributed by atoms with Crippen LogP contribution >= 0.6 is 0 Å². The summed E-state index contributed by atoms with van der Waals surface area (Å²) in [7, 11) is 1.58. The minimum atomic E-state index is -1.03. The number of pyridine rings is 1. The summed E-state index contributed by atoms with van der Waals surface area (Å²) < 4.78 is 10.2. The van der Waals surface area contributed by atoms with Crippen molar-refractivity contribution in [2.24, 2.45) is 0 Å². The Balaban J connectivity index is 1.79.